The molecule has 1 aliphatic carbocycles. The van der Waals surface area contributed by atoms with Gasteiger partial charge in [0.15, 0.2) is 0 Å². The maximum atomic E-state index is 12.7. The van der Waals surface area contributed by atoms with E-state index in [0.717, 1.165) is 25.7 Å². The maximum absolute atomic E-state index is 12.7. The zero-order valence-electron chi connectivity index (χ0n) is 11.3. The topological polar surface area (TPSA) is 81.2 Å². The molecule has 0 spiro atoms. The van der Waals surface area contributed by atoms with Crippen molar-refractivity contribution >= 4 is 10.0 Å². The van der Waals surface area contributed by atoms with Crippen LogP contribution in [0.4, 0.5) is 0 Å². The Morgan fingerprint density at radius 1 is 1.42 bits per heavy atom. The average molecular weight is 286 g/mol. The summed E-state index contributed by atoms with van der Waals surface area (Å²) in [5, 5.41) is 3.95. The molecule has 1 aliphatic rings. The van der Waals surface area contributed by atoms with E-state index in [1.165, 1.54) is 17.3 Å². The molecule has 2 N–H and O–H groups in total. The van der Waals surface area contributed by atoms with Gasteiger partial charge in [-0.05, 0) is 12.8 Å². The lowest BCUT2D eigenvalue weighted by Gasteiger charge is -2.32. The van der Waals surface area contributed by atoms with Crippen molar-refractivity contribution in [2.75, 3.05) is 13.1 Å². The van der Waals surface area contributed by atoms with Crippen LogP contribution in [0.25, 0.3) is 0 Å². The molecule has 0 aliphatic heterocycles. The minimum Gasteiger partial charge on any atom is -0.329 e. The van der Waals surface area contributed by atoms with Crippen molar-refractivity contribution in [2.24, 2.45) is 12.8 Å². The summed E-state index contributed by atoms with van der Waals surface area (Å²) >= 11 is 0. The zero-order valence-corrected chi connectivity index (χ0v) is 12.1. The molecule has 1 saturated carbocycles. The lowest BCUT2D eigenvalue weighted by molar-refractivity contribution is 0.257. The number of hydrogen-bond donors (Lipinski definition) is 1. The van der Waals surface area contributed by atoms with Crippen LogP contribution in [-0.2, 0) is 17.1 Å². The number of aryl methyl sites for hydroxylation is 1. The molecule has 1 aromatic rings. The van der Waals surface area contributed by atoms with Crippen LogP contribution in [0.2, 0.25) is 0 Å². The summed E-state index contributed by atoms with van der Waals surface area (Å²) in [7, 11) is -1.76. The van der Waals surface area contributed by atoms with Crippen molar-refractivity contribution in [3.63, 3.8) is 0 Å². The van der Waals surface area contributed by atoms with Gasteiger partial charge in [-0.25, -0.2) is 8.42 Å². The van der Waals surface area contributed by atoms with Crippen molar-refractivity contribution in [1.29, 1.82) is 0 Å². The Morgan fingerprint density at radius 3 is 2.63 bits per heavy atom. The average Bonchev–Trinajstić information content (AvgIpc) is 2.84. The highest BCUT2D eigenvalue weighted by molar-refractivity contribution is 7.89. The molecule has 7 heteroatoms. The Labute approximate surface area is 114 Å². The molecule has 6 nitrogen and oxygen atoms in total. The van der Waals surface area contributed by atoms with Gasteiger partial charge in [0, 0.05) is 32.4 Å². The highest BCUT2D eigenvalue weighted by Gasteiger charge is 2.32. The van der Waals surface area contributed by atoms with E-state index in [0.29, 0.717) is 13.1 Å². The van der Waals surface area contributed by atoms with Crippen molar-refractivity contribution in [1.82, 2.24) is 14.1 Å². The minimum absolute atomic E-state index is 0.0857. The van der Waals surface area contributed by atoms with E-state index >= 15 is 0 Å². The number of hydrogen-bond acceptors (Lipinski definition) is 4. The first kappa shape index (κ1) is 14.5. The van der Waals surface area contributed by atoms with Crippen LogP contribution in [0.1, 0.15) is 32.1 Å². The second-order valence-electron chi connectivity index (χ2n) is 5.05. The second kappa shape index (κ2) is 6.02. The molecule has 0 atom stereocenters. The molecule has 0 amide bonds. The summed E-state index contributed by atoms with van der Waals surface area (Å²) in [6.07, 6.45) is 8.19. The Hall–Kier alpha value is -0.920. The summed E-state index contributed by atoms with van der Waals surface area (Å²) in [5.41, 5.74) is 5.59. The predicted octanol–water partition coefficient (Wildman–Crippen LogP) is 0.702. The van der Waals surface area contributed by atoms with E-state index in [4.69, 9.17) is 5.73 Å². The molecule has 1 heterocycles. The molecule has 19 heavy (non-hydrogen) atoms. The van der Waals surface area contributed by atoms with Crippen LogP contribution in [0.5, 0.6) is 0 Å². The number of aromatic nitrogens is 2. The van der Waals surface area contributed by atoms with E-state index in [9.17, 15) is 8.42 Å². The van der Waals surface area contributed by atoms with Gasteiger partial charge in [0.25, 0.3) is 0 Å². The van der Waals surface area contributed by atoms with Gasteiger partial charge in [-0.3, -0.25) is 4.68 Å². The second-order valence-corrected chi connectivity index (χ2v) is 6.94. The van der Waals surface area contributed by atoms with Crippen molar-refractivity contribution < 1.29 is 8.42 Å². The van der Waals surface area contributed by atoms with Gasteiger partial charge < -0.3 is 5.73 Å². The van der Waals surface area contributed by atoms with Gasteiger partial charge in [-0.15, -0.1) is 0 Å². The third-order valence-corrected chi connectivity index (χ3v) is 5.52. The molecule has 2 rings (SSSR count). The van der Waals surface area contributed by atoms with Crippen LogP contribution in [0.3, 0.4) is 0 Å². The van der Waals surface area contributed by atoms with Gasteiger partial charge in [-0.1, -0.05) is 19.3 Å². The Bertz CT molecular complexity index is 506. The third kappa shape index (κ3) is 3.16. The third-order valence-electron chi connectivity index (χ3n) is 3.62. The Kier molecular flexibility index (Phi) is 4.59. The first-order valence-electron chi connectivity index (χ1n) is 6.76. The maximum Gasteiger partial charge on any atom is 0.246 e. The minimum atomic E-state index is -3.47. The Balaban J connectivity index is 2.26. The van der Waals surface area contributed by atoms with Crippen LogP contribution in [0.15, 0.2) is 17.3 Å². The number of rotatable bonds is 5. The van der Waals surface area contributed by atoms with E-state index in [2.05, 4.69) is 5.10 Å². The first-order chi connectivity index (χ1) is 9.05. The first-order valence-corrected chi connectivity index (χ1v) is 8.20. The van der Waals surface area contributed by atoms with E-state index in [1.807, 2.05) is 0 Å². The summed E-state index contributed by atoms with van der Waals surface area (Å²) in [4.78, 5) is 0.258. The van der Waals surface area contributed by atoms with Gasteiger partial charge >= 0.3 is 0 Å². The van der Waals surface area contributed by atoms with Gasteiger partial charge in [0.1, 0.15) is 4.90 Å². The SMILES string of the molecule is Cn1cc(S(=O)(=O)N(CCN)C2CCCCC2)cn1. The lowest BCUT2D eigenvalue weighted by atomic mass is 9.95. The molecule has 1 aromatic heterocycles. The zero-order chi connectivity index (χ0) is 13.9. The van der Waals surface area contributed by atoms with Gasteiger partial charge in [0.2, 0.25) is 10.0 Å². The number of nitrogens with zero attached hydrogens (tertiary/aromatic N) is 3. The largest absolute Gasteiger partial charge is 0.329 e. The Morgan fingerprint density at radius 2 is 2.11 bits per heavy atom. The van der Waals surface area contributed by atoms with E-state index in [1.54, 1.807) is 17.5 Å². The normalized spacial score (nSPS) is 18.1. The van der Waals surface area contributed by atoms with Gasteiger partial charge in [0.05, 0.1) is 6.20 Å². The lowest BCUT2D eigenvalue weighted by Crippen LogP contribution is -2.43. The van der Waals surface area contributed by atoms with Crippen molar-refractivity contribution in [3.8, 4) is 0 Å². The van der Waals surface area contributed by atoms with Gasteiger partial charge in [-0.2, -0.15) is 9.40 Å². The number of sulfonamides is 1. The van der Waals surface area contributed by atoms with Crippen LogP contribution < -0.4 is 5.73 Å². The molecule has 0 aromatic carbocycles. The highest BCUT2D eigenvalue weighted by atomic mass is 32.2. The summed E-state index contributed by atoms with van der Waals surface area (Å²) < 4.78 is 28.4. The molecule has 0 radical (unpaired) electrons. The highest BCUT2D eigenvalue weighted by Crippen LogP contribution is 2.27. The molecule has 108 valence electrons. The van der Waals surface area contributed by atoms with E-state index in [-0.39, 0.29) is 10.9 Å². The summed E-state index contributed by atoms with van der Waals surface area (Å²) in [5.74, 6) is 0. The van der Waals surface area contributed by atoms with Crippen molar-refractivity contribution in [2.45, 2.75) is 43.0 Å². The van der Waals surface area contributed by atoms with Crippen molar-refractivity contribution in [3.05, 3.63) is 12.4 Å². The standard InChI is InChI=1S/C12H22N4O2S/c1-15-10-12(9-14-15)19(17,18)16(8-7-13)11-5-3-2-4-6-11/h9-11H,2-8,13H2,1H3. The summed E-state index contributed by atoms with van der Waals surface area (Å²) in [6.45, 7) is 0.720. The summed E-state index contributed by atoms with van der Waals surface area (Å²) in [6, 6.07) is 0.0857. The fourth-order valence-electron chi connectivity index (χ4n) is 2.66. The van der Waals surface area contributed by atoms with Crippen LogP contribution in [-0.4, -0.2) is 41.6 Å². The van der Waals surface area contributed by atoms with Crippen LogP contribution in [0, 0.1) is 0 Å². The fourth-order valence-corrected chi connectivity index (χ4v) is 4.35. The predicted molar refractivity (Wildman–Crippen MR) is 73.0 cm³/mol. The molecule has 0 bridgehead atoms. The quantitative estimate of drug-likeness (QED) is 0.864. The fraction of sp³-hybridized carbons (Fsp3) is 0.750. The number of nitrogens with two attached hydrogens (primary N) is 1. The molecule has 0 unspecified atom stereocenters. The molecular weight excluding hydrogens is 264 g/mol. The monoisotopic (exact) mass is 286 g/mol. The van der Waals surface area contributed by atoms with Crippen LogP contribution >= 0.6 is 0 Å². The van der Waals surface area contributed by atoms with E-state index < -0.39 is 10.0 Å². The molecular formula is C12H22N4O2S. The smallest absolute Gasteiger partial charge is 0.246 e. The molecule has 1 fully saturated rings. The molecule has 0 saturated heterocycles.